The van der Waals surface area contributed by atoms with Gasteiger partial charge in [-0.05, 0) is 51.4 Å². The predicted molar refractivity (Wildman–Crippen MR) is 86.4 cm³/mol. The van der Waals surface area contributed by atoms with Gasteiger partial charge in [-0.15, -0.1) is 0 Å². The van der Waals surface area contributed by atoms with E-state index in [0.29, 0.717) is 24.3 Å². The summed E-state index contributed by atoms with van der Waals surface area (Å²) >= 11 is 0. The Labute approximate surface area is 141 Å². The SMILES string of the molecule is COC(=O)C1CCCN1[C@H]1c2cc(C#N)ccc2OC(C)(C)C1O. The van der Waals surface area contributed by atoms with Crippen LogP contribution in [-0.2, 0) is 9.53 Å². The fraction of sp³-hybridized carbons (Fsp3) is 0.556. The van der Waals surface area contributed by atoms with Crippen LogP contribution in [0.5, 0.6) is 5.75 Å². The molecule has 2 aliphatic heterocycles. The van der Waals surface area contributed by atoms with E-state index in [1.165, 1.54) is 7.11 Å². The third-order valence-corrected chi connectivity index (χ3v) is 4.97. The van der Waals surface area contributed by atoms with Crippen molar-refractivity contribution in [2.24, 2.45) is 0 Å². The van der Waals surface area contributed by atoms with Crippen molar-refractivity contribution in [1.29, 1.82) is 5.26 Å². The second-order valence-electron chi connectivity index (χ2n) is 6.88. The molecule has 1 N–H and O–H groups in total. The average molecular weight is 330 g/mol. The molecule has 0 spiro atoms. The topological polar surface area (TPSA) is 82.8 Å². The Kier molecular flexibility index (Phi) is 4.24. The van der Waals surface area contributed by atoms with E-state index in [9.17, 15) is 15.2 Å². The van der Waals surface area contributed by atoms with Gasteiger partial charge in [0.25, 0.3) is 0 Å². The molecule has 6 nitrogen and oxygen atoms in total. The molecule has 6 heteroatoms. The van der Waals surface area contributed by atoms with Gasteiger partial charge in [-0.3, -0.25) is 9.69 Å². The number of nitriles is 1. The lowest BCUT2D eigenvalue weighted by atomic mass is 9.84. The Morgan fingerprint density at radius 1 is 1.50 bits per heavy atom. The zero-order valence-corrected chi connectivity index (χ0v) is 14.2. The summed E-state index contributed by atoms with van der Waals surface area (Å²) in [5.74, 6) is 0.354. The van der Waals surface area contributed by atoms with E-state index in [-0.39, 0.29) is 12.0 Å². The third kappa shape index (κ3) is 2.64. The molecule has 1 fully saturated rings. The van der Waals surface area contributed by atoms with Gasteiger partial charge < -0.3 is 14.6 Å². The largest absolute Gasteiger partial charge is 0.485 e. The fourth-order valence-corrected chi connectivity index (χ4v) is 3.71. The van der Waals surface area contributed by atoms with Crippen molar-refractivity contribution in [2.45, 2.75) is 50.5 Å². The van der Waals surface area contributed by atoms with E-state index in [1.54, 1.807) is 18.2 Å². The highest BCUT2D eigenvalue weighted by atomic mass is 16.5. The molecule has 1 aromatic rings. The smallest absolute Gasteiger partial charge is 0.323 e. The first-order chi connectivity index (χ1) is 11.4. The summed E-state index contributed by atoms with van der Waals surface area (Å²) in [6, 6.07) is 6.52. The number of ether oxygens (including phenoxy) is 2. The lowest BCUT2D eigenvalue weighted by Crippen LogP contribution is -2.55. The lowest BCUT2D eigenvalue weighted by molar-refractivity contribution is -0.150. The summed E-state index contributed by atoms with van der Waals surface area (Å²) in [5.41, 5.74) is 0.453. The van der Waals surface area contributed by atoms with Crippen LogP contribution in [0.4, 0.5) is 0 Å². The molecule has 2 aliphatic rings. The number of rotatable bonds is 2. The molecule has 2 heterocycles. The van der Waals surface area contributed by atoms with Crippen LogP contribution in [0, 0.1) is 11.3 Å². The van der Waals surface area contributed by atoms with E-state index >= 15 is 0 Å². The first-order valence-corrected chi connectivity index (χ1v) is 8.13. The van der Waals surface area contributed by atoms with Crippen LogP contribution in [0.25, 0.3) is 0 Å². The maximum Gasteiger partial charge on any atom is 0.323 e. The van der Waals surface area contributed by atoms with Crippen LogP contribution in [0.2, 0.25) is 0 Å². The molecule has 0 aliphatic carbocycles. The number of nitrogens with zero attached hydrogens (tertiary/aromatic N) is 2. The van der Waals surface area contributed by atoms with Gasteiger partial charge in [-0.2, -0.15) is 5.26 Å². The quantitative estimate of drug-likeness (QED) is 0.832. The molecule has 0 radical (unpaired) electrons. The predicted octanol–water partition coefficient (Wildman–Crippen LogP) is 1.77. The van der Waals surface area contributed by atoms with Crippen molar-refractivity contribution in [3.05, 3.63) is 29.3 Å². The van der Waals surface area contributed by atoms with Gasteiger partial charge in [-0.1, -0.05) is 0 Å². The minimum atomic E-state index is -0.829. The summed E-state index contributed by atoms with van der Waals surface area (Å²) in [6.45, 7) is 4.35. The fourth-order valence-electron chi connectivity index (χ4n) is 3.71. The highest BCUT2D eigenvalue weighted by Crippen LogP contribution is 2.45. The monoisotopic (exact) mass is 330 g/mol. The summed E-state index contributed by atoms with van der Waals surface area (Å²) in [7, 11) is 1.38. The molecule has 0 aromatic heterocycles. The summed E-state index contributed by atoms with van der Waals surface area (Å²) in [6.07, 6.45) is 0.728. The van der Waals surface area contributed by atoms with Gasteiger partial charge in [0.1, 0.15) is 23.5 Å². The number of fused-ring (bicyclic) bond motifs is 1. The first-order valence-electron chi connectivity index (χ1n) is 8.13. The number of carbonyl (C=O) groups is 1. The number of aliphatic hydroxyl groups is 1. The van der Waals surface area contributed by atoms with Crippen LogP contribution in [0.3, 0.4) is 0 Å². The molecule has 0 saturated carbocycles. The third-order valence-electron chi connectivity index (χ3n) is 4.97. The Hall–Kier alpha value is -2.10. The minimum absolute atomic E-state index is 0.290. The zero-order chi connectivity index (χ0) is 17.5. The van der Waals surface area contributed by atoms with E-state index in [0.717, 1.165) is 12.0 Å². The number of likely N-dealkylation sites (tertiary alicyclic amines) is 1. The first kappa shape index (κ1) is 16.7. The summed E-state index contributed by atoms with van der Waals surface area (Å²) in [4.78, 5) is 14.1. The van der Waals surface area contributed by atoms with Crippen LogP contribution in [0.15, 0.2) is 18.2 Å². The second kappa shape index (κ2) is 6.08. The van der Waals surface area contributed by atoms with Gasteiger partial charge in [0.05, 0.1) is 24.8 Å². The molecule has 24 heavy (non-hydrogen) atoms. The normalized spacial score (nSPS) is 28.5. The van der Waals surface area contributed by atoms with Gasteiger partial charge in [0.15, 0.2) is 0 Å². The van der Waals surface area contributed by atoms with Crippen LogP contribution >= 0.6 is 0 Å². The van der Waals surface area contributed by atoms with Gasteiger partial charge in [0, 0.05) is 5.56 Å². The highest BCUT2D eigenvalue weighted by Gasteiger charge is 2.49. The molecular formula is C18H22N2O4. The molecule has 2 unspecified atom stereocenters. The van der Waals surface area contributed by atoms with Gasteiger partial charge in [0.2, 0.25) is 0 Å². The van der Waals surface area contributed by atoms with Gasteiger partial charge >= 0.3 is 5.97 Å². The molecule has 0 bridgehead atoms. The van der Waals surface area contributed by atoms with E-state index in [1.807, 2.05) is 18.7 Å². The Bertz CT molecular complexity index is 695. The number of carbonyl (C=O) groups excluding carboxylic acids is 1. The number of hydrogen-bond acceptors (Lipinski definition) is 6. The maximum atomic E-state index is 12.1. The molecule has 128 valence electrons. The minimum Gasteiger partial charge on any atom is -0.485 e. The average Bonchev–Trinajstić information content (AvgIpc) is 3.04. The van der Waals surface area contributed by atoms with Crippen molar-refractivity contribution in [2.75, 3.05) is 13.7 Å². The van der Waals surface area contributed by atoms with Crippen molar-refractivity contribution < 1.29 is 19.4 Å². The van der Waals surface area contributed by atoms with Crippen molar-refractivity contribution in [3.63, 3.8) is 0 Å². The number of benzene rings is 1. The molecule has 3 rings (SSSR count). The molecule has 0 amide bonds. The molecule has 1 aromatic carbocycles. The lowest BCUT2D eigenvalue weighted by Gasteiger charge is -2.46. The van der Waals surface area contributed by atoms with E-state index in [4.69, 9.17) is 9.47 Å². The number of methoxy groups -OCH3 is 1. The zero-order valence-electron chi connectivity index (χ0n) is 14.2. The van der Waals surface area contributed by atoms with Gasteiger partial charge in [-0.25, -0.2) is 0 Å². The number of hydrogen-bond donors (Lipinski definition) is 1. The van der Waals surface area contributed by atoms with Crippen LogP contribution in [-0.4, -0.2) is 47.4 Å². The number of esters is 1. The van der Waals surface area contributed by atoms with Crippen molar-refractivity contribution >= 4 is 5.97 Å². The van der Waals surface area contributed by atoms with E-state index in [2.05, 4.69) is 6.07 Å². The summed E-state index contributed by atoms with van der Waals surface area (Å²) in [5, 5.41) is 20.1. The Balaban J connectivity index is 2.08. The number of aliphatic hydroxyl groups excluding tert-OH is 1. The van der Waals surface area contributed by atoms with Crippen LogP contribution < -0.4 is 4.74 Å². The Morgan fingerprint density at radius 2 is 2.25 bits per heavy atom. The maximum absolute atomic E-state index is 12.1. The van der Waals surface area contributed by atoms with Crippen molar-refractivity contribution in [3.8, 4) is 11.8 Å². The molecule has 1 saturated heterocycles. The summed E-state index contributed by atoms with van der Waals surface area (Å²) < 4.78 is 10.9. The van der Waals surface area contributed by atoms with Crippen molar-refractivity contribution in [1.82, 2.24) is 4.90 Å². The molecule has 3 atom stereocenters. The highest BCUT2D eigenvalue weighted by molar-refractivity contribution is 5.76. The second-order valence-corrected chi connectivity index (χ2v) is 6.88. The standard InChI is InChI=1S/C18H22N2O4/c1-18(2)16(21)15(20-8-4-5-13(20)17(22)23-3)12-9-11(10-19)6-7-14(12)24-18/h6-7,9,13,15-16,21H,4-5,8H2,1-3H3/t13?,15-,16?/m0/s1. The van der Waals surface area contributed by atoms with Crippen LogP contribution in [0.1, 0.15) is 43.9 Å². The van der Waals surface area contributed by atoms with E-state index < -0.39 is 17.7 Å². The Morgan fingerprint density at radius 3 is 2.92 bits per heavy atom. The molecular weight excluding hydrogens is 308 g/mol.